The highest BCUT2D eigenvalue weighted by Crippen LogP contribution is 2.42. The number of hydrogen-bond acceptors (Lipinski definition) is 8. The van der Waals surface area contributed by atoms with Crippen molar-refractivity contribution >= 4 is 38.8 Å². The van der Waals surface area contributed by atoms with Crippen LogP contribution >= 0.6 is 11.3 Å². The van der Waals surface area contributed by atoms with Gasteiger partial charge in [-0.3, -0.25) is 14.5 Å². The molecule has 1 aliphatic carbocycles. The molecular formula is C37H39FN6O3S. The number of likely N-dealkylation sites (tertiary alicyclic amines) is 2. The van der Waals surface area contributed by atoms with Gasteiger partial charge in [-0.2, -0.15) is 5.26 Å². The number of nitrogens with zero attached hydrogens (tertiary/aromatic N) is 6. The van der Waals surface area contributed by atoms with Gasteiger partial charge in [0.1, 0.15) is 22.5 Å². The van der Waals surface area contributed by atoms with Crippen LogP contribution in [0, 0.1) is 22.6 Å². The summed E-state index contributed by atoms with van der Waals surface area (Å²) in [5.41, 5.74) is 3.56. The Hall–Kier alpha value is -4.11. The lowest BCUT2D eigenvalue weighted by Crippen LogP contribution is -2.61. The minimum absolute atomic E-state index is 0.0157. The highest BCUT2D eigenvalue weighted by atomic mass is 32.1. The van der Waals surface area contributed by atoms with Gasteiger partial charge in [-0.15, -0.1) is 0 Å². The Labute approximate surface area is 283 Å². The van der Waals surface area contributed by atoms with Gasteiger partial charge in [-0.1, -0.05) is 17.4 Å². The van der Waals surface area contributed by atoms with Crippen molar-refractivity contribution in [3.8, 4) is 17.3 Å². The largest absolute Gasteiger partial charge is 0.381 e. The van der Waals surface area contributed by atoms with Crippen molar-refractivity contribution in [3.05, 3.63) is 75.3 Å². The van der Waals surface area contributed by atoms with E-state index in [-0.39, 0.29) is 28.7 Å². The van der Waals surface area contributed by atoms with Crippen molar-refractivity contribution in [2.75, 3.05) is 57.9 Å². The summed E-state index contributed by atoms with van der Waals surface area (Å²) in [4.78, 5) is 38.3. The van der Waals surface area contributed by atoms with E-state index in [0.717, 1.165) is 89.0 Å². The first-order chi connectivity index (χ1) is 23.3. The number of nitriles is 1. The van der Waals surface area contributed by atoms with Crippen molar-refractivity contribution in [2.45, 2.75) is 50.5 Å². The summed E-state index contributed by atoms with van der Waals surface area (Å²) in [6, 6.07) is 14.7. The van der Waals surface area contributed by atoms with Crippen LogP contribution < -0.4 is 10.5 Å². The summed E-state index contributed by atoms with van der Waals surface area (Å²) in [6.07, 6.45) is 7.92. The third-order valence-corrected chi connectivity index (χ3v) is 11.9. The Morgan fingerprint density at radius 3 is 2.50 bits per heavy atom. The fourth-order valence-corrected chi connectivity index (χ4v) is 8.58. The van der Waals surface area contributed by atoms with E-state index in [1.165, 1.54) is 29.0 Å². The molecule has 8 rings (SSSR count). The molecule has 0 radical (unpaired) electrons. The second kappa shape index (κ2) is 12.4. The van der Waals surface area contributed by atoms with Gasteiger partial charge in [-0.25, -0.2) is 9.37 Å². The summed E-state index contributed by atoms with van der Waals surface area (Å²) in [7, 11) is 1.93. The predicted octanol–water partition coefficient (Wildman–Crippen LogP) is 6.06. The number of halogens is 1. The average Bonchev–Trinajstić information content (AvgIpc) is 3.85. The maximum Gasteiger partial charge on any atom is 0.258 e. The quantitative estimate of drug-likeness (QED) is 0.237. The second-order valence-corrected chi connectivity index (χ2v) is 15.0. The molecule has 248 valence electrons. The molecule has 0 unspecified atom stereocenters. The number of anilines is 2. The molecule has 4 fully saturated rings. The predicted molar refractivity (Wildman–Crippen MR) is 184 cm³/mol. The van der Waals surface area contributed by atoms with Gasteiger partial charge in [0.05, 0.1) is 12.2 Å². The molecule has 2 aromatic heterocycles. The van der Waals surface area contributed by atoms with E-state index in [1.807, 2.05) is 33.7 Å². The van der Waals surface area contributed by atoms with Gasteiger partial charge in [0, 0.05) is 67.3 Å². The summed E-state index contributed by atoms with van der Waals surface area (Å²) in [5, 5.41) is 12.1. The number of piperidine rings is 1. The van der Waals surface area contributed by atoms with E-state index in [4.69, 9.17) is 9.72 Å². The Bertz CT molecular complexity index is 1960. The zero-order valence-corrected chi connectivity index (χ0v) is 28.0. The first kappa shape index (κ1) is 31.2. The lowest BCUT2D eigenvalue weighted by molar-refractivity contribution is -0.151. The number of pyridine rings is 1. The molecule has 4 aromatic rings. The van der Waals surface area contributed by atoms with Crippen LogP contribution in [0.2, 0.25) is 0 Å². The molecule has 48 heavy (non-hydrogen) atoms. The van der Waals surface area contributed by atoms with Gasteiger partial charge in [0.25, 0.3) is 5.56 Å². The van der Waals surface area contributed by atoms with Gasteiger partial charge < -0.3 is 19.1 Å². The molecule has 4 aliphatic rings. The van der Waals surface area contributed by atoms with Crippen molar-refractivity contribution in [3.63, 3.8) is 0 Å². The Balaban J connectivity index is 1.02. The lowest BCUT2D eigenvalue weighted by atomic mass is 9.73. The number of aromatic nitrogens is 2. The molecule has 5 heterocycles. The normalized spacial score (nSPS) is 19.7. The molecular weight excluding hydrogens is 628 g/mol. The van der Waals surface area contributed by atoms with E-state index in [2.05, 4.69) is 23.1 Å². The Kier molecular flexibility index (Phi) is 8.06. The maximum absolute atomic E-state index is 13.7. The minimum Gasteiger partial charge on any atom is -0.381 e. The van der Waals surface area contributed by atoms with E-state index in [0.29, 0.717) is 39.1 Å². The number of amides is 1. The number of rotatable bonds is 7. The molecule has 3 aliphatic heterocycles. The smallest absolute Gasteiger partial charge is 0.258 e. The molecule has 1 amide bonds. The van der Waals surface area contributed by atoms with Crippen molar-refractivity contribution < 1.29 is 13.9 Å². The summed E-state index contributed by atoms with van der Waals surface area (Å²) in [5.74, 6) is 0.221. The number of hydrogen-bond donors (Lipinski definition) is 0. The first-order valence-corrected chi connectivity index (χ1v) is 17.8. The number of benzene rings is 2. The lowest BCUT2D eigenvalue weighted by Gasteiger charge is -2.52. The Morgan fingerprint density at radius 1 is 1.08 bits per heavy atom. The summed E-state index contributed by atoms with van der Waals surface area (Å²) >= 11 is 1.29. The highest BCUT2D eigenvalue weighted by Gasteiger charge is 2.46. The monoisotopic (exact) mass is 666 g/mol. The molecule has 3 saturated heterocycles. The number of carbonyl (C=O) groups excluding carboxylic acids is 1. The Morgan fingerprint density at radius 2 is 1.81 bits per heavy atom. The molecule has 9 nitrogen and oxygen atoms in total. The van der Waals surface area contributed by atoms with Crippen molar-refractivity contribution in [2.24, 2.45) is 5.41 Å². The maximum atomic E-state index is 13.7. The van der Waals surface area contributed by atoms with E-state index in [9.17, 15) is 19.2 Å². The van der Waals surface area contributed by atoms with E-state index in [1.54, 1.807) is 12.1 Å². The van der Waals surface area contributed by atoms with Gasteiger partial charge in [0.15, 0.2) is 5.13 Å². The standard InChI is InChI=1S/C37H39FN6O3S/c1-41(36-40-34(32(19-39)48-36)25-2-5-27(38)6-3-25)31-20-44(28-7-8-28)35(46)29-9-4-26(18-30(29)31)24-10-14-42(15-11-24)21-33(45)43-22-37(23-43)12-16-47-17-13-37/h2-6,9,18,20,24,28H,7-8,10-17,21-23H2,1H3. The number of ether oxygens (including phenoxy) is 1. The van der Waals surface area contributed by atoms with Crippen LogP contribution in [0.4, 0.5) is 15.2 Å². The summed E-state index contributed by atoms with van der Waals surface area (Å²) in [6.45, 7) is 5.56. The SMILES string of the molecule is CN(c1nc(-c2ccc(F)cc2)c(C#N)s1)c1cn(C2CC2)c(=O)c2ccc(C3CCN(CC(=O)N4CC5(CCOCC5)C4)CC3)cc12. The van der Waals surface area contributed by atoms with E-state index >= 15 is 0 Å². The van der Waals surface area contributed by atoms with Gasteiger partial charge in [0.2, 0.25) is 5.91 Å². The third kappa shape index (κ3) is 5.80. The molecule has 0 bridgehead atoms. The van der Waals surface area contributed by atoms with Crippen LogP contribution in [-0.4, -0.2) is 78.2 Å². The van der Waals surface area contributed by atoms with Gasteiger partial charge in [-0.05, 0) is 99.5 Å². The number of thiazole rings is 1. The van der Waals surface area contributed by atoms with Crippen LogP contribution in [-0.2, 0) is 9.53 Å². The second-order valence-electron chi connectivity index (χ2n) is 14.0. The zero-order chi connectivity index (χ0) is 33.0. The zero-order valence-electron chi connectivity index (χ0n) is 27.2. The highest BCUT2D eigenvalue weighted by molar-refractivity contribution is 7.16. The van der Waals surface area contributed by atoms with Crippen molar-refractivity contribution in [1.82, 2.24) is 19.4 Å². The van der Waals surface area contributed by atoms with Crippen LogP contribution in [0.15, 0.2) is 53.5 Å². The first-order valence-electron chi connectivity index (χ1n) is 17.0. The van der Waals surface area contributed by atoms with Crippen LogP contribution in [0.5, 0.6) is 0 Å². The van der Waals surface area contributed by atoms with E-state index < -0.39 is 0 Å². The van der Waals surface area contributed by atoms with Gasteiger partial charge >= 0.3 is 0 Å². The van der Waals surface area contributed by atoms with Crippen molar-refractivity contribution in [1.29, 1.82) is 5.26 Å². The number of carbonyl (C=O) groups is 1. The fraction of sp³-hybridized carbons (Fsp3) is 0.459. The average molecular weight is 667 g/mol. The molecule has 1 spiro atoms. The fourth-order valence-electron chi connectivity index (χ4n) is 7.72. The third-order valence-electron chi connectivity index (χ3n) is 10.8. The minimum atomic E-state index is -0.344. The van der Waals surface area contributed by atoms with Crippen LogP contribution in [0.25, 0.3) is 22.0 Å². The molecule has 0 atom stereocenters. The molecule has 1 saturated carbocycles. The van der Waals surface area contributed by atoms with Crippen LogP contribution in [0.1, 0.15) is 60.9 Å². The summed E-state index contributed by atoms with van der Waals surface area (Å²) < 4.78 is 21.0. The number of fused-ring (bicyclic) bond motifs is 1. The van der Waals surface area contributed by atoms with Crippen LogP contribution in [0.3, 0.4) is 0 Å². The molecule has 11 heteroatoms. The molecule has 0 N–H and O–H groups in total. The molecule has 2 aromatic carbocycles. The topological polar surface area (TPSA) is 94.7 Å².